The molecule has 0 aliphatic heterocycles. The Labute approximate surface area is 125 Å². The van der Waals surface area contributed by atoms with Crippen molar-refractivity contribution in [1.29, 1.82) is 0 Å². The molecule has 1 aliphatic rings. The molecule has 3 heteroatoms. The van der Waals surface area contributed by atoms with E-state index >= 15 is 0 Å². The van der Waals surface area contributed by atoms with Crippen molar-refractivity contribution in [2.24, 2.45) is 0 Å². The molecule has 0 fully saturated rings. The highest BCUT2D eigenvalue weighted by Gasteiger charge is 2.17. The molecule has 1 aromatic carbocycles. The fourth-order valence-corrected chi connectivity index (χ4v) is 2.87. The molecule has 0 bridgehead atoms. The standard InChI is InChI=1S/C18H22N2O/c1-18(2,3)13-10-8-12(9-11-13)16-19-15-7-5-4-6-14(15)17(21)20-16/h8-11H,4-7H2,1-3H3,(H,19,20,21). The zero-order valence-electron chi connectivity index (χ0n) is 13.0. The molecule has 0 saturated carbocycles. The maximum atomic E-state index is 12.2. The van der Waals surface area contributed by atoms with E-state index in [1.165, 1.54) is 5.56 Å². The van der Waals surface area contributed by atoms with E-state index in [1.54, 1.807) is 0 Å². The number of hydrogen-bond donors (Lipinski definition) is 1. The van der Waals surface area contributed by atoms with Gasteiger partial charge in [-0.1, -0.05) is 45.0 Å². The second kappa shape index (κ2) is 5.14. The average Bonchev–Trinajstić information content (AvgIpc) is 2.46. The van der Waals surface area contributed by atoms with Crippen LogP contribution in [0.5, 0.6) is 0 Å². The van der Waals surface area contributed by atoms with Crippen molar-refractivity contribution in [1.82, 2.24) is 9.97 Å². The molecule has 1 aliphatic carbocycles. The molecule has 0 radical (unpaired) electrons. The second-order valence-corrected chi connectivity index (χ2v) is 6.87. The van der Waals surface area contributed by atoms with Crippen LogP contribution in [0.3, 0.4) is 0 Å². The van der Waals surface area contributed by atoms with Crippen molar-refractivity contribution >= 4 is 0 Å². The van der Waals surface area contributed by atoms with Crippen molar-refractivity contribution in [3.63, 3.8) is 0 Å². The molecule has 0 spiro atoms. The minimum Gasteiger partial charge on any atom is -0.306 e. The first-order valence-corrected chi connectivity index (χ1v) is 7.68. The molecule has 0 atom stereocenters. The van der Waals surface area contributed by atoms with Gasteiger partial charge >= 0.3 is 0 Å². The van der Waals surface area contributed by atoms with Crippen molar-refractivity contribution in [3.8, 4) is 11.4 Å². The number of hydrogen-bond acceptors (Lipinski definition) is 2. The van der Waals surface area contributed by atoms with Gasteiger partial charge in [0.2, 0.25) is 0 Å². The Hall–Kier alpha value is -1.90. The van der Waals surface area contributed by atoms with E-state index in [0.717, 1.165) is 42.5 Å². The quantitative estimate of drug-likeness (QED) is 0.868. The molecule has 21 heavy (non-hydrogen) atoms. The van der Waals surface area contributed by atoms with Crippen LogP contribution >= 0.6 is 0 Å². The van der Waals surface area contributed by atoms with Crippen molar-refractivity contribution < 1.29 is 0 Å². The molecule has 0 saturated heterocycles. The lowest BCUT2D eigenvalue weighted by molar-refractivity contribution is 0.590. The van der Waals surface area contributed by atoms with E-state index in [-0.39, 0.29) is 11.0 Å². The molecule has 3 nitrogen and oxygen atoms in total. The van der Waals surface area contributed by atoms with Gasteiger partial charge in [-0.3, -0.25) is 4.79 Å². The number of fused-ring (bicyclic) bond motifs is 1. The predicted octanol–water partition coefficient (Wildman–Crippen LogP) is 3.61. The SMILES string of the molecule is CC(C)(C)c1ccc(-c2nc3c(c(=O)[nH]2)CCCC3)cc1. The van der Waals surface area contributed by atoms with Crippen LogP contribution in [0.4, 0.5) is 0 Å². The zero-order valence-corrected chi connectivity index (χ0v) is 13.0. The Balaban J connectivity index is 2.01. The zero-order chi connectivity index (χ0) is 15.0. The summed E-state index contributed by atoms with van der Waals surface area (Å²) in [7, 11) is 0. The third-order valence-corrected chi connectivity index (χ3v) is 4.22. The molecule has 1 N–H and O–H groups in total. The normalized spacial score (nSPS) is 14.8. The highest BCUT2D eigenvalue weighted by atomic mass is 16.1. The summed E-state index contributed by atoms with van der Waals surface area (Å²) >= 11 is 0. The third-order valence-electron chi connectivity index (χ3n) is 4.22. The van der Waals surface area contributed by atoms with Crippen molar-refractivity contribution in [2.45, 2.75) is 51.9 Å². The lowest BCUT2D eigenvalue weighted by atomic mass is 9.86. The molecule has 0 amide bonds. The molecule has 2 aromatic rings. The number of aromatic nitrogens is 2. The van der Waals surface area contributed by atoms with Crippen molar-refractivity contribution in [2.75, 3.05) is 0 Å². The predicted molar refractivity (Wildman–Crippen MR) is 85.6 cm³/mol. The van der Waals surface area contributed by atoms with Crippen LogP contribution in [-0.4, -0.2) is 9.97 Å². The van der Waals surface area contributed by atoms with Crippen LogP contribution in [0.25, 0.3) is 11.4 Å². The average molecular weight is 282 g/mol. The van der Waals surface area contributed by atoms with E-state index in [2.05, 4.69) is 42.9 Å². The smallest absolute Gasteiger partial charge is 0.254 e. The first-order chi connectivity index (χ1) is 9.95. The Kier molecular flexibility index (Phi) is 3.44. The molecular weight excluding hydrogens is 260 g/mol. The highest BCUT2D eigenvalue weighted by Crippen LogP contribution is 2.25. The summed E-state index contributed by atoms with van der Waals surface area (Å²) < 4.78 is 0. The fourth-order valence-electron chi connectivity index (χ4n) is 2.87. The summed E-state index contributed by atoms with van der Waals surface area (Å²) in [5, 5.41) is 0. The summed E-state index contributed by atoms with van der Waals surface area (Å²) in [5.74, 6) is 0.695. The van der Waals surface area contributed by atoms with Gasteiger partial charge in [-0.05, 0) is 36.7 Å². The molecule has 0 unspecified atom stereocenters. The Morgan fingerprint density at radius 3 is 2.38 bits per heavy atom. The monoisotopic (exact) mass is 282 g/mol. The van der Waals surface area contributed by atoms with Gasteiger partial charge in [0.1, 0.15) is 5.82 Å². The molecule has 1 aromatic heterocycles. The van der Waals surface area contributed by atoms with Crippen LogP contribution in [0.2, 0.25) is 0 Å². The van der Waals surface area contributed by atoms with Crippen LogP contribution < -0.4 is 5.56 Å². The number of nitrogens with one attached hydrogen (secondary N) is 1. The summed E-state index contributed by atoms with van der Waals surface area (Å²) in [6, 6.07) is 8.34. The van der Waals surface area contributed by atoms with E-state index < -0.39 is 0 Å². The van der Waals surface area contributed by atoms with Crippen LogP contribution in [0.15, 0.2) is 29.1 Å². The molecule has 110 valence electrons. The number of rotatable bonds is 1. The Bertz CT molecular complexity index is 705. The number of benzene rings is 1. The lowest BCUT2D eigenvalue weighted by Gasteiger charge is -2.19. The second-order valence-electron chi connectivity index (χ2n) is 6.87. The number of aromatic amines is 1. The summed E-state index contributed by atoms with van der Waals surface area (Å²) in [6.07, 6.45) is 4.01. The fraction of sp³-hybridized carbons (Fsp3) is 0.444. The minimum absolute atomic E-state index is 0.0367. The van der Waals surface area contributed by atoms with E-state index in [1.807, 2.05) is 12.1 Å². The van der Waals surface area contributed by atoms with Crippen LogP contribution in [0, 0.1) is 0 Å². The van der Waals surface area contributed by atoms with Gasteiger partial charge in [-0.15, -0.1) is 0 Å². The number of H-pyrrole nitrogens is 1. The maximum absolute atomic E-state index is 12.2. The summed E-state index contributed by atoms with van der Waals surface area (Å²) in [6.45, 7) is 6.59. The summed E-state index contributed by atoms with van der Waals surface area (Å²) in [5.41, 5.74) is 4.31. The van der Waals surface area contributed by atoms with Gasteiger partial charge in [-0.25, -0.2) is 4.98 Å². The van der Waals surface area contributed by atoms with Gasteiger partial charge in [-0.2, -0.15) is 0 Å². The van der Waals surface area contributed by atoms with Crippen LogP contribution in [-0.2, 0) is 18.3 Å². The molecule has 1 heterocycles. The van der Waals surface area contributed by atoms with Gasteiger partial charge in [0, 0.05) is 11.1 Å². The van der Waals surface area contributed by atoms with Gasteiger partial charge in [0.15, 0.2) is 0 Å². The third kappa shape index (κ3) is 2.78. The first-order valence-electron chi connectivity index (χ1n) is 7.68. The molecular formula is C18H22N2O. The Morgan fingerprint density at radius 1 is 1.05 bits per heavy atom. The van der Waals surface area contributed by atoms with Crippen LogP contribution in [0.1, 0.15) is 50.4 Å². The topological polar surface area (TPSA) is 45.8 Å². The minimum atomic E-state index is 0.0367. The van der Waals surface area contributed by atoms with Gasteiger partial charge in [0.25, 0.3) is 5.56 Å². The molecule has 3 rings (SSSR count). The number of nitrogens with zero attached hydrogens (tertiary/aromatic N) is 1. The summed E-state index contributed by atoms with van der Waals surface area (Å²) in [4.78, 5) is 19.8. The highest BCUT2D eigenvalue weighted by molar-refractivity contribution is 5.56. The Morgan fingerprint density at radius 2 is 1.71 bits per heavy atom. The van der Waals surface area contributed by atoms with E-state index in [0.29, 0.717) is 5.82 Å². The van der Waals surface area contributed by atoms with Gasteiger partial charge < -0.3 is 4.98 Å². The number of aryl methyl sites for hydroxylation is 1. The van der Waals surface area contributed by atoms with E-state index in [9.17, 15) is 4.79 Å². The van der Waals surface area contributed by atoms with Crippen molar-refractivity contribution in [3.05, 3.63) is 51.4 Å². The first kappa shape index (κ1) is 14.1. The van der Waals surface area contributed by atoms with Gasteiger partial charge in [0.05, 0.1) is 5.69 Å². The lowest BCUT2D eigenvalue weighted by Crippen LogP contribution is -2.21. The maximum Gasteiger partial charge on any atom is 0.254 e. The largest absolute Gasteiger partial charge is 0.306 e. The van der Waals surface area contributed by atoms with E-state index in [4.69, 9.17) is 0 Å².